The van der Waals surface area contributed by atoms with Gasteiger partial charge in [-0.15, -0.1) is 0 Å². The number of phenolic OH excluding ortho intramolecular Hbond substituents is 1. The third kappa shape index (κ3) is 4.17. The summed E-state index contributed by atoms with van der Waals surface area (Å²) in [6.45, 7) is 1.79. The molecule has 0 bridgehead atoms. The van der Waals surface area contributed by atoms with Crippen LogP contribution < -0.4 is 10.1 Å². The average Bonchev–Trinajstić information content (AvgIpc) is 2.38. The minimum absolute atomic E-state index is 0.0994. The van der Waals surface area contributed by atoms with Gasteiger partial charge in [0.25, 0.3) is 5.91 Å². The van der Waals surface area contributed by atoms with Gasteiger partial charge in [-0.3, -0.25) is 9.59 Å². The molecule has 0 aliphatic heterocycles. The maximum atomic E-state index is 11.8. The van der Waals surface area contributed by atoms with Gasteiger partial charge in [0.05, 0.1) is 18.6 Å². The molecule has 1 aromatic carbocycles. The molecular formula is C13H17NO5. The number of carbonyl (C=O) groups excluding carboxylic acids is 1. The van der Waals surface area contributed by atoms with Crippen molar-refractivity contribution in [2.75, 3.05) is 13.7 Å². The molecule has 3 N–H and O–H groups in total. The Morgan fingerprint density at radius 2 is 2.11 bits per heavy atom. The van der Waals surface area contributed by atoms with E-state index in [9.17, 15) is 14.7 Å². The maximum Gasteiger partial charge on any atom is 0.306 e. The van der Waals surface area contributed by atoms with Crippen molar-refractivity contribution in [1.29, 1.82) is 0 Å². The van der Waals surface area contributed by atoms with Crippen molar-refractivity contribution in [3.63, 3.8) is 0 Å². The summed E-state index contributed by atoms with van der Waals surface area (Å²) in [6.07, 6.45) is 0.325. The zero-order valence-corrected chi connectivity index (χ0v) is 10.8. The molecule has 0 fully saturated rings. The SMILES string of the molecule is COc1ccc(O)c(C(=O)NCCC(C)C(=O)O)c1. The fourth-order valence-corrected chi connectivity index (χ4v) is 1.44. The second-order valence-electron chi connectivity index (χ2n) is 4.17. The number of carboxylic acids is 1. The number of carboxylic acid groups (broad SMARTS) is 1. The Labute approximate surface area is 111 Å². The van der Waals surface area contributed by atoms with Crippen LogP contribution >= 0.6 is 0 Å². The van der Waals surface area contributed by atoms with Gasteiger partial charge in [-0.1, -0.05) is 6.92 Å². The van der Waals surface area contributed by atoms with Crippen LogP contribution in [-0.2, 0) is 4.79 Å². The Bertz CT molecular complexity index is 472. The Hall–Kier alpha value is -2.24. The summed E-state index contributed by atoms with van der Waals surface area (Å²) in [7, 11) is 1.46. The molecule has 1 unspecified atom stereocenters. The van der Waals surface area contributed by atoms with E-state index >= 15 is 0 Å². The van der Waals surface area contributed by atoms with Gasteiger partial charge in [0.1, 0.15) is 11.5 Å². The number of methoxy groups -OCH3 is 1. The smallest absolute Gasteiger partial charge is 0.306 e. The van der Waals surface area contributed by atoms with Crippen LogP contribution in [0, 0.1) is 5.92 Å². The zero-order valence-electron chi connectivity index (χ0n) is 10.8. The van der Waals surface area contributed by atoms with Crippen LogP contribution in [0.3, 0.4) is 0 Å². The Balaban J connectivity index is 2.61. The van der Waals surface area contributed by atoms with E-state index in [-0.39, 0.29) is 17.9 Å². The number of amides is 1. The van der Waals surface area contributed by atoms with Crippen molar-refractivity contribution in [1.82, 2.24) is 5.32 Å². The predicted molar refractivity (Wildman–Crippen MR) is 68.4 cm³/mol. The number of hydrogen-bond donors (Lipinski definition) is 3. The molecule has 0 radical (unpaired) electrons. The van der Waals surface area contributed by atoms with Gasteiger partial charge in [-0.25, -0.2) is 0 Å². The minimum atomic E-state index is -0.904. The van der Waals surface area contributed by atoms with Crippen molar-refractivity contribution >= 4 is 11.9 Å². The van der Waals surface area contributed by atoms with Crippen molar-refractivity contribution in [3.8, 4) is 11.5 Å². The highest BCUT2D eigenvalue weighted by Crippen LogP contribution is 2.22. The summed E-state index contributed by atoms with van der Waals surface area (Å²) in [4.78, 5) is 22.4. The van der Waals surface area contributed by atoms with E-state index in [1.54, 1.807) is 13.0 Å². The van der Waals surface area contributed by atoms with Crippen molar-refractivity contribution in [3.05, 3.63) is 23.8 Å². The molecule has 0 saturated heterocycles. The number of carbonyl (C=O) groups is 2. The summed E-state index contributed by atoms with van der Waals surface area (Å²) in [6, 6.07) is 4.33. The highest BCUT2D eigenvalue weighted by atomic mass is 16.5. The molecule has 0 heterocycles. The van der Waals surface area contributed by atoms with Crippen LogP contribution in [0.2, 0.25) is 0 Å². The first kappa shape index (κ1) is 14.8. The number of aromatic hydroxyl groups is 1. The topological polar surface area (TPSA) is 95.9 Å². The molecule has 0 saturated carbocycles. The van der Waals surface area contributed by atoms with Crippen LogP contribution in [0.5, 0.6) is 11.5 Å². The van der Waals surface area contributed by atoms with E-state index in [0.29, 0.717) is 12.2 Å². The van der Waals surface area contributed by atoms with Gasteiger partial charge < -0.3 is 20.3 Å². The highest BCUT2D eigenvalue weighted by Gasteiger charge is 2.14. The lowest BCUT2D eigenvalue weighted by Crippen LogP contribution is -2.27. The number of phenols is 1. The van der Waals surface area contributed by atoms with E-state index in [4.69, 9.17) is 9.84 Å². The molecule has 1 aromatic rings. The molecule has 0 aliphatic rings. The number of rotatable bonds is 6. The molecule has 0 spiro atoms. The largest absolute Gasteiger partial charge is 0.507 e. The van der Waals surface area contributed by atoms with Gasteiger partial charge in [-0.05, 0) is 24.6 Å². The second-order valence-corrected chi connectivity index (χ2v) is 4.17. The van der Waals surface area contributed by atoms with Crippen LogP contribution in [0.1, 0.15) is 23.7 Å². The summed E-state index contributed by atoms with van der Waals surface area (Å²) < 4.78 is 4.97. The van der Waals surface area contributed by atoms with E-state index in [1.807, 2.05) is 0 Å². The summed E-state index contributed by atoms with van der Waals surface area (Å²) in [5.74, 6) is -1.59. The fourth-order valence-electron chi connectivity index (χ4n) is 1.44. The molecule has 1 rings (SSSR count). The minimum Gasteiger partial charge on any atom is -0.507 e. The second kappa shape index (κ2) is 6.63. The third-order valence-corrected chi connectivity index (χ3v) is 2.73. The Morgan fingerprint density at radius 3 is 2.68 bits per heavy atom. The number of benzene rings is 1. The fraction of sp³-hybridized carbons (Fsp3) is 0.385. The van der Waals surface area contributed by atoms with Crippen LogP contribution in [0.4, 0.5) is 0 Å². The lowest BCUT2D eigenvalue weighted by molar-refractivity contribution is -0.141. The number of aliphatic carboxylic acids is 1. The molecular weight excluding hydrogens is 250 g/mol. The Morgan fingerprint density at radius 1 is 1.42 bits per heavy atom. The van der Waals surface area contributed by atoms with Gasteiger partial charge in [0.2, 0.25) is 0 Å². The zero-order chi connectivity index (χ0) is 14.4. The van der Waals surface area contributed by atoms with Gasteiger partial charge in [0, 0.05) is 6.54 Å². The van der Waals surface area contributed by atoms with E-state index < -0.39 is 17.8 Å². The molecule has 6 heteroatoms. The van der Waals surface area contributed by atoms with E-state index in [2.05, 4.69) is 5.32 Å². The van der Waals surface area contributed by atoms with Crippen LogP contribution in [0.25, 0.3) is 0 Å². The van der Waals surface area contributed by atoms with Crippen molar-refractivity contribution in [2.24, 2.45) is 5.92 Å². The first-order valence-corrected chi connectivity index (χ1v) is 5.83. The quantitative estimate of drug-likeness (QED) is 0.720. The normalized spacial score (nSPS) is 11.7. The van der Waals surface area contributed by atoms with E-state index in [1.165, 1.54) is 19.2 Å². The Kier molecular flexibility index (Phi) is 5.17. The summed E-state index contributed by atoms with van der Waals surface area (Å²) >= 11 is 0. The summed E-state index contributed by atoms with van der Waals surface area (Å²) in [5.41, 5.74) is 0.0994. The van der Waals surface area contributed by atoms with Gasteiger partial charge >= 0.3 is 5.97 Å². The predicted octanol–water partition coefficient (Wildman–Crippen LogP) is 1.24. The van der Waals surface area contributed by atoms with Crippen LogP contribution in [-0.4, -0.2) is 35.7 Å². The lowest BCUT2D eigenvalue weighted by atomic mass is 10.1. The molecule has 6 nitrogen and oxygen atoms in total. The molecule has 0 aliphatic carbocycles. The summed E-state index contributed by atoms with van der Waals surface area (Å²) in [5, 5.41) is 20.9. The van der Waals surface area contributed by atoms with E-state index in [0.717, 1.165) is 0 Å². The average molecular weight is 267 g/mol. The van der Waals surface area contributed by atoms with Gasteiger partial charge in [0.15, 0.2) is 0 Å². The van der Waals surface area contributed by atoms with Crippen LogP contribution in [0.15, 0.2) is 18.2 Å². The third-order valence-electron chi connectivity index (χ3n) is 2.73. The molecule has 1 atom stereocenters. The standard InChI is InChI=1S/C13H17NO5/c1-8(13(17)18)5-6-14-12(16)10-7-9(19-2)3-4-11(10)15/h3-4,7-8,15H,5-6H2,1-2H3,(H,14,16)(H,17,18). The monoisotopic (exact) mass is 267 g/mol. The number of nitrogens with one attached hydrogen (secondary N) is 1. The lowest BCUT2D eigenvalue weighted by Gasteiger charge is -2.10. The number of hydrogen-bond acceptors (Lipinski definition) is 4. The maximum absolute atomic E-state index is 11.8. The highest BCUT2D eigenvalue weighted by molar-refractivity contribution is 5.97. The number of ether oxygens (including phenoxy) is 1. The van der Waals surface area contributed by atoms with Crippen molar-refractivity contribution in [2.45, 2.75) is 13.3 Å². The molecule has 104 valence electrons. The first-order chi connectivity index (χ1) is 8.95. The molecule has 0 aromatic heterocycles. The van der Waals surface area contributed by atoms with Gasteiger partial charge in [-0.2, -0.15) is 0 Å². The molecule has 1 amide bonds. The first-order valence-electron chi connectivity index (χ1n) is 5.83. The molecule has 19 heavy (non-hydrogen) atoms. The van der Waals surface area contributed by atoms with Crippen molar-refractivity contribution < 1.29 is 24.5 Å².